The van der Waals surface area contributed by atoms with Crippen LogP contribution in [0.3, 0.4) is 0 Å². The van der Waals surface area contributed by atoms with Crippen LogP contribution in [0, 0.1) is 0 Å². The molecular weight excluding hydrogens is 268 g/mol. The van der Waals surface area contributed by atoms with Gasteiger partial charge in [0.15, 0.2) is 0 Å². The number of amides is 1. The fraction of sp³-hybridized carbons (Fsp3) is 0.375. The SMILES string of the molecule is C=C(CNC1CC1)CN1C(=O)C(=O)c2cc(OC)ccc21. The summed E-state index contributed by atoms with van der Waals surface area (Å²) < 4.78 is 5.10. The van der Waals surface area contributed by atoms with Gasteiger partial charge in [-0.05, 0) is 36.6 Å². The number of rotatable bonds is 6. The highest BCUT2D eigenvalue weighted by atomic mass is 16.5. The van der Waals surface area contributed by atoms with E-state index in [1.54, 1.807) is 18.2 Å². The summed E-state index contributed by atoms with van der Waals surface area (Å²) in [5.41, 5.74) is 1.94. The van der Waals surface area contributed by atoms with Crippen molar-refractivity contribution in [3.05, 3.63) is 35.9 Å². The number of ketones is 1. The maximum Gasteiger partial charge on any atom is 0.299 e. The van der Waals surface area contributed by atoms with Crippen LogP contribution >= 0.6 is 0 Å². The molecule has 0 spiro atoms. The maximum absolute atomic E-state index is 12.1. The highest BCUT2D eigenvalue weighted by Gasteiger charge is 2.36. The van der Waals surface area contributed by atoms with Gasteiger partial charge in [-0.3, -0.25) is 9.59 Å². The van der Waals surface area contributed by atoms with Crippen LogP contribution in [0.25, 0.3) is 0 Å². The van der Waals surface area contributed by atoms with E-state index in [2.05, 4.69) is 11.9 Å². The van der Waals surface area contributed by atoms with E-state index < -0.39 is 11.7 Å². The largest absolute Gasteiger partial charge is 0.497 e. The first-order valence-corrected chi connectivity index (χ1v) is 7.04. The van der Waals surface area contributed by atoms with Crippen molar-refractivity contribution < 1.29 is 14.3 Å². The van der Waals surface area contributed by atoms with E-state index in [9.17, 15) is 9.59 Å². The van der Waals surface area contributed by atoms with Gasteiger partial charge in [0.2, 0.25) is 0 Å². The molecule has 1 aliphatic heterocycles. The minimum Gasteiger partial charge on any atom is -0.497 e. The minimum absolute atomic E-state index is 0.365. The van der Waals surface area contributed by atoms with E-state index >= 15 is 0 Å². The number of methoxy groups -OCH3 is 1. The number of hydrogen-bond donors (Lipinski definition) is 1. The fourth-order valence-corrected chi connectivity index (χ4v) is 2.42. The van der Waals surface area contributed by atoms with Crippen molar-refractivity contribution in [2.75, 3.05) is 25.1 Å². The average Bonchev–Trinajstić information content (AvgIpc) is 3.29. The Morgan fingerprint density at radius 2 is 2.19 bits per heavy atom. The molecule has 1 aromatic rings. The highest BCUT2D eigenvalue weighted by molar-refractivity contribution is 6.52. The molecule has 1 aromatic carbocycles. The van der Waals surface area contributed by atoms with E-state index in [-0.39, 0.29) is 0 Å². The lowest BCUT2D eigenvalue weighted by molar-refractivity contribution is -0.114. The summed E-state index contributed by atoms with van der Waals surface area (Å²) in [4.78, 5) is 25.7. The van der Waals surface area contributed by atoms with Crippen molar-refractivity contribution in [1.82, 2.24) is 5.32 Å². The summed E-state index contributed by atoms with van der Waals surface area (Å²) in [5.74, 6) is -0.399. The molecular formula is C16H18N2O3. The Balaban J connectivity index is 1.75. The lowest BCUT2D eigenvalue weighted by Gasteiger charge is -2.18. The van der Waals surface area contributed by atoms with Gasteiger partial charge >= 0.3 is 0 Å². The molecule has 0 bridgehead atoms. The number of benzene rings is 1. The molecule has 1 aliphatic carbocycles. The maximum atomic E-state index is 12.1. The molecule has 1 fully saturated rings. The normalized spacial score (nSPS) is 17.1. The zero-order valence-electron chi connectivity index (χ0n) is 12.0. The quantitative estimate of drug-likeness (QED) is 0.636. The molecule has 0 radical (unpaired) electrons. The lowest BCUT2D eigenvalue weighted by atomic mass is 10.1. The third-order valence-electron chi connectivity index (χ3n) is 3.78. The second kappa shape index (κ2) is 5.33. The van der Waals surface area contributed by atoms with Crippen LogP contribution in [0.2, 0.25) is 0 Å². The zero-order valence-corrected chi connectivity index (χ0v) is 12.0. The molecule has 5 heteroatoms. The first kappa shape index (κ1) is 13.8. The molecule has 0 unspecified atom stereocenters. The van der Waals surface area contributed by atoms with Crippen molar-refractivity contribution in [1.29, 1.82) is 0 Å². The Bertz CT molecular complexity index is 620. The second-order valence-corrected chi connectivity index (χ2v) is 5.51. The number of nitrogens with one attached hydrogen (secondary N) is 1. The number of Topliss-reactive ketones (excluding diaryl/α,β-unsaturated/α-hetero) is 1. The minimum atomic E-state index is -0.495. The third kappa shape index (κ3) is 2.69. The number of carbonyl (C=O) groups is 2. The molecule has 2 aliphatic rings. The van der Waals surface area contributed by atoms with Gasteiger partial charge in [0, 0.05) is 19.1 Å². The summed E-state index contributed by atoms with van der Waals surface area (Å²) >= 11 is 0. The number of hydrogen-bond acceptors (Lipinski definition) is 4. The topological polar surface area (TPSA) is 58.6 Å². The van der Waals surface area contributed by atoms with E-state index in [1.807, 2.05) is 0 Å². The Morgan fingerprint density at radius 3 is 2.86 bits per heavy atom. The van der Waals surface area contributed by atoms with Crippen LogP contribution in [0.5, 0.6) is 5.75 Å². The number of ether oxygens (including phenoxy) is 1. The average molecular weight is 286 g/mol. The lowest BCUT2D eigenvalue weighted by Crippen LogP contribution is -2.33. The van der Waals surface area contributed by atoms with Gasteiger partial charge in [0.05, 0.1) is 18.4 Å². The summed E-state index contributed by atoms with van der Waals surface area (Å²) in [5, 5.41) is 3.36. The Kier molecular flexibility index (Phi) is 3.51. The number of nitrogens with zero attached hydrogens (tertiary/aromatic N) is 1. The number of fused-ring (bicyclic) bond motifs is 1. The van der Waals surface area contributed by atoms with Crippen LogP contribution in [0.15, 0.2) is 30.4 Å². The summed E-state index contributed by atoms with van der Waals surface area (Å²) in [7, 11) is 1.53. The zero-order chi connectivity index (χ0) is 15.0. The van der Waals surface area contributed by atoms with E-state index in [0.717, 1.165) is 5.57 Å². The molecule has 1 amide bonds. The monoisotopic (exact) mass is 286 g/mol. The van der Waals surface area contributed by atoms with Crippen molar-refractivity contribution in [3.63, 3.8) is 0 Å². The van der Waals surface area contributed by atoms with Gasteiger partial charge in [-0.1, -0.05) is 6.58 Å². The van der Waals surface area contributed by atoms with Gasteiger partial charge < -0.3 is 15.0 Å². The molecule has 1 N–H and O–H groups in total. The molecule has 0 atom stereocenters. The smallest absolute Gasteiger partial charge is 0.299 e. The van der Waals surface area contributed by atoms with Gasteiger partial charge in [-0.15, -0.1) is 0 Å². The Hall–Kier alpha value is -2.14. The number of carbonyl (C=O) groups excluding carboxylic acids is 2. The van der Waals surface area contributed by atoms with E-state index in [0.29, 0.717) is 36.1 Å². The van der Waals surface area contributed by atoms with Crippen molar-refractivity contribution in [3.8, 4) is 5.75 Å². The van der Waals surface area contributed by atoms with Crippen molar-refractivity contribution >= 4 is 17.4 Å². The van der Waals surface area contributed by atoms with Gasteiger partial charge in [-0.25, -0.2) is 0 Å². The van der Waals surface area contributed by atoms with Crippen molar-refractivity contribution in [2.24, 2.45) is 0 Å². The molecule has 0 aromatic heterocycles. The molecule has 21 heavy (non-hydrogen) atoms. The van der Waals surface area contributed by atoms with E-state index in [4.69, 9.17) is 4.74 Å². The van der Waals surface area contributed by atoms with Gasteiger partial charge in [0.25, 0.3) is 11.7 Å². The van der Waals surface area contributed by atoms with Crippen LogP contribution < -0.4 is 15.0 Å². The third-order valence-corrected chi connectivity index (χ3v) is 3.78. The number of anilines is 1. The van der Waals surface area contributed by atoms with E-state index in [1.165, 1.54) is 24.9 Å². The first-order chi connectivity index (χ1) is 10.1. The van der Waals surface area contributed by atoms with Gasteiger partial charge in [-0.2, -0.15) is 0 Å². The van der Waals surface area contributed by atoms with Crippen LogP contribution in [-0.2, 0) is 4.79 Å². The molecule has 1 saturated carbocycles. The Morgan fingerprint density at radius 1 is 1.43 bits per heavy atom. The summed E-state index contributed by atoms with van der Waals surface area (Å²) in [6.07, 6.45) is 2.41. The van der Waals surface area contributed by atoms with Crippen LogP contribution in [-0.4, -0.2) is 37.9 Å². The molecule has 3 rings (SSSR count). The van der Waals surface area contributed by atoms with Gasteiger partial charge in [0.1, 0.15) is 5.75 Å². The molecule has 1 heterocycles. The van der Waals surface area contributed by atoms with Crippen LogP contribution in [0.4, 0.5) is 5.69 Å². The standard InChI is InChI=1S/C16H18N2O3/c1-10(8-17-11-3-4-11)9-18-14-6-5-12(21-2)7-13(14)15(19)16(18)20/h5-7,11,17H,1,3-4,8-9H2,2H3. The molecule has 0 saturated heterocycles. The predicted molar refractivity (Wildman–Crippen MR) is 79.8 cm³/mol. The predicted octanol–water partition coefficient (Wildman–Crippen LogP) is 1.53. The second-order valence-electron chi connectivity index (χ2n) is 5.51. The summed E-state index contributed by atoms with van der Waals surface area (Å²) in [6.45, 7) is 5.03. The van der Waals surface area contributed by atoms with Crippen molar-refractivity contribution in [2.45, 2.75) is 18.9 Å². The molecule has 5 nitrogen and oxygen atoms in total. The summed E-state index contributed by atoms with van der Waals surface area (Å²) in [6, 6.07) is 5.71. The highest BCUT2D eigenvalue weighted by Crippen LogP contribution is 2.32. The Labute approximate surface area is 123 Å². The first-order valence-electron chi connectivity index (χ1n) is 7.04. The fourth-order valence-electron chi connectivity index (χ4n) is 2.42. The van der Waals surface area contributed by atoms with Crippen LogP contribution in [0.1, 0.15) is 23.2 Å². The molecule has 110 valence electrons.